The van der Waals surface area contributed by atoms with Crippen LogP contribution < -0.4 is 0 Å². The van der Waals surface area contributed by atoms with Crippen molar-refractivity contribution in [2.24, 2.45) is 17.8 Å². The first kappa shape index (κ1) is 15.1. The van der Waals surface area contributed by atoms with Gasteiger partial charge in [0, 0.05) is 16.9 Å². The third-order valence-electron chi connectivity index (χ3n) is 6.17. The summed E-state index contributed by atoms with van der Waals surface area (Å²) in [6, 6.07) is 12.5. The molecule has 0 amide bonds. The molecule has 4 atom stereocenters. The summed E-state index contributed by atoms with van der Waals surface area (Å²) >= 11 is 0. The number of carbonyl (C=O) groups is 1. The first-order chi connectivity index (χ1) is 11.6. The molecule has 0 saturated heterocycles. The van der Waals surface area contributed by atoms with Crippen molar-refractivity contribution in [3.63, 3.8) is 0 Å². The maximum atomic E-state index is 12.4. The van der Waals surface area contributed by atoms with E-state index in [4.69, 9.17) is 0 Å². The van der Waals surface area contributed by atoms with Gasteiger partial charge in [-0.2, -0.15) is 10.4 Å². The minimum atomic E-state index is -0.510. The van der Waals surface area contributed by atoms with Crippen molar-refractivity contribution in [1.82, 2.24) is 10.2 Å². The molecule has 0 aliphatic heterocycles. The number of aromatic nitrogens is 2. The van der Waals surface area contributed by atoms with E-state index in [-0.39, 0.29) is 23.0 Å². The van der Waals surface area contributed by atoms with E-state index in [0.717, 1.165) is 29.8 Å². The third kappa shape index (κ3) is 1.97. The molecule has 1 unspecified atom stereocenters. The Morgan fingerprint density at radius 2 is 2.08 bits per heavy atom. The van der Waals surface area contributed by atoms with E-state index in [1.807, 2.05) is 25.1 Å². The maximum absolute atomic E-state index is 12.4. The second kappa shape index (κ2) is 5.31. The molecule has 122 valence electrons. The highest BCUT2D eigenvalue weighted by Crippen LogP contribution is 2.53. The zero-order chi connectivity index (χ0) is 16.9. The number of fused-ring (bicyclic) bond motifs is 3. The zero-order valence-electron chi connectivity index (χ0n) is 14.0. The summed E-state index contributed by atoms with van der Waals surface area (Å²) in [6.45, 7) is 4.18. The van der Waals surface area contributed by atoms with Crippen LogP contribution in [0, 0.1) is 29.1 Å². The number of aromatic amines is 1. The van der Waals surface area contributed by atoms with Crippen molar-refractivity contribution in [2.45, 2.75) is 38.5 Å². The molecule has 4 nitrogen and oxygen atoms in total. The van der Waals surface area contributed by atoms with E-state index < -0.39 is 5.92 Å². The predicted octanol–water partition coefficient (Wildman–Crippen LogP) is 3.65. The number of H-pyrrole nitrogens is 1. The van der Waals surface area contributed by atoms with Crippen LogP contribution in [0.4, 0.5) is 0 Å². The highest BCUT2D eigenvalue weighted by molar-refractivity contribution is 5.87. The molecule has 1 heterocycles. The van der Waals surface area contributed by atoms with Gasteiger partial charge in [-0.1, -0.05) is 44.2 Å². The van der Waals surface area contributed by atoms with Gasteiger partial charge >= 0.3 is 0 Å². The Balaban J connectivity index is 1.82. The van der Waals surface area contributed by atoms with Crippen LogP contribution >= 0.6 is 0 Å². The molecule has 0 bridgehead atoms. The molecule has 2 aromatic rings. The summed E-state index contributed by atoms with van der Waals surface area (Å²) in [5.41, 5.74) is 4.36. The highest BCUT2D eigenvalue weighted by Gasteiger charge is 2.53. The fourth-order valence-electron chi connectivity index (χ4n) is 4.92. The lowest BCUT2D eigenvalue weighted by atomic mass is 9.54. The van der Waals surface area contributed by atoms with Crippen molar-refractivity contribution in [3.05, 3.63) is 41.6 Å². The van der Waals surface area contributed by atoms with Crippen molar-refractivity contribution in [2.75, 3.05) is 0 Å². The Kier molecular flexibility index (Phi) is 3.35. The number of hydrogen-bond donors (Lipinski definition) is 1. The average molecular weight is 319 g/mol. The minimum Gasteiger partial charge on any atom is -0.298 e. The minimum absolute atomic E-state index is 0.0709. The average Bonchev–Trinajstić information content (AvgIpc) is 3.04. The van der Waals surface area contributed by atoms with Crippen molar-refractivity contribution < 1.29 is 4.79 Å². The normalized spacial score (nSPS) is 31.9. The molecule has 2 aliphatic rings. The van der Waals surface area contributed by atoms with E-state index in [1.54, 1.807) is 0 Å². The number of ketones is 1. The first-order valence-corrected chi connectivity index (χ1v) is 8.62. The monoisotopic (exact) mass is 319 g/mol. The van der Waals surface area contributed by atoms with Crippen LogP contribution in [0.15, 0.2) is 30.3 Å². The number of benzene rings is 1. The number of nitrogens with zero attached hydrogens (tertiary/aromatic N) is 2. The van der Waals surface area contributed by atoms with Gasteiger partial charge in [0.25, 0.3) is 0 Å². The lowest BCUT2D eigenvalue weighted by molar-refractivity contribution is -0.132. The van der Waals surface area contributed by atoms with E-state index in [1.165, 1.54) is 5.56 Å². The topological polar surface area (TPSA) is 69.5 Å². The molecule has 2 aliphatic carbocycles. The molecule has 4 heteroatoms. The second-order valence-corrected chi connectivity index (χ2v) is 7.43. The molecule has 0 spiro atoms. The lowest BCUT2D eigenvalue weighted by Gasteiger charge is -2.48. The number of hydrogen-bond acceptors (Lipinski definition) is 3. The van der Waals surface area contributed by atoms with Gasteiger partial charge in [0.15, 0.2) is 5.78 Å². The van der Waals surface area contributed by atoms with Crippen LogP contribution in [0.1, 0.15) is 37.9 Å². The number of nitriles is 1. The summed E-state index contributed by atoms with van der Waals surface area (Å²) in [6.07, 6.45) is 2.50. The molecule has 24 heavy (non-hydrogen) atoms. The Bertz CT molecular complexity index is 832. The Morgan fingerprint density at radius 3 is 2.79 bits per heavy atom. The van der Waals surface area contributed by atoms with Gasteiger partial charge in [-0.25, -0.2) is 0 Å². The zero-order valence-corrected chi connectivity index (χ0v) is 14.0. The molecule has 1 fully saturated rings. The quantitative estimate of drug-likeness (QED) is 0.872. The molecule has 0 radical (unpaired) electrons. The number of rotatable bonds is 1. The van der Waals surface area contributed by atoms with Gasteiger partial charge in [0.2, 0.25) is 0 Å². The molecular formula is C20H21N3O. The van der Waals surface area contributed by atoms with Gasteiger partial charge < -0.3 is 0 Å². The summed E-state index contributed by atoms with van der Waals surface area (Å²) < 4.78 is 0. The lowest BCUT2D eigenvalue weighted by Crippen LogP contribution is -2.50. The van der Waals surface area contributed by atoms with E-state index in [9.17, 15) is 10.1 Å². The van der Waals surface area contributed by atoms with E-state index in [2.05, 4.69) is 35.3 Å². The SMILES string of the molecule is C[C@@H]1C(=O)C(C#N)C[C@]2(C)c3n[nH]c(-c4ccccc4)c3CC[C@@H]12. The van der Waals surface area contributed by atoms with E-state index in [0.29, 0.717) is 6.42 Å². The summed E-state index contributed by atoms with van der Waals surface area (Å²) in [7, 11) is 0. The van der Waals surface area contributed by atoms with E-state index >= 15 is 0 Å². The van der Waals surface area contributed by atoms with Crippen LogP contribution in [0.2, 0.25) is 0 Å². The Labute approximate surface area is 141 Å². The van der Waals surface area contributed by atoms with Crippen LogP contribution in [-0.4, -0.2) is 16.0 Å². The predicted molar refractivity (Wildman–Crippen MR) is 91.1 cm³/mol. The van der Waals surface area contributed by atoms with Crippen molar-refractivity contribution >= 4 is 5.78 Å². The Morgan fingerprint density at radius 1 is 1.33 bits per heavy atom. The molecule has 1 aromatic carbocycles. The molecule has 1 aromatic heterocycles. The molecule has 1 N–H and O–H groups in total. The summed E-state index contributed by atoms with van der Waals surface area (Å²) in [5.74, 6) is -0.196. The van der Waals surface area contributed by atoms with Gasteiger partial charge in [-0.3, -0.25) is 9.89 Å². The van der Waals surface area contributed by atoms with Crippen LogP contribution in [-0.2, 0) is 16.6 Å². The molecule has 4 rings (SSSR count). The molecule has 1 saturated carbocycles. The number of nitrogens with one attached hydrogen (secondary N) is 1. The maximum Gasteiger partial charge on any atom is 0.153 e. The van der Waals surface area contributed by atoms with Gasteiger partial charge in [-0.15, -0.1) is 0 Å². The Hall–Kier alpha value is -2.41. The highest BCUT2D eigenvalue weighted by atomic mass is 16.1. The van der Waals surface area contributed by atoms with Gasteiger partial charge in [0.05, 0.1) is 17.5 Å². The second-order valence-electron chi connectivity index (χ2n) is 7.43. The fourth-order valence-corrected chi connectivity index (χ4v) is 4.92. The first-order valence-electron chi connectivity index (χ1n) is 8.62. The number of carbonyl (C=O) groups excluding carboxylic acids is 1. The molecular weight excluding hydrogens is 298 g/mol. The van der Waals surface area contributed by atoms with Gasteiger partial charge in [0.1, 0.15) is 5.92 Å². The fraction of sp³-hybridized carbons (Fsp3) is 0.450. The third-order valence-corrected chi connectivity index (χ3v) is 6.17. The summed E-state index contributed by atoms with van der Waals surface area (Å²) in [4.78, 5) is 12.4. The van der Waals surface area contributed by atoms with Crippen LogP contribution in [0.5, 0.6) is 0 Å². The van der Waals surface area contributed by atoms with Crippen molar-refractivity contribution in [3.8, 4) is 17.3 Å². The smallest absolute Gasteiger partial charge is 0.153 e. The van der Waals surface area contributed by atoms with Crippen molar-refractivity contribution in [1.29, 1.82) is 5.26 Å². The standard InChI is InChI=1S/C20H21N3O/c1-12-16-9-8-15-17(13-6-4-3-5-7-13)22-23-19(15)20(16,2)10-14(11-21)18(12)24/h3-7,12,14,16H,8-10H2,1-2H3,(H,22,23)/t12-,14?,16-,20-/m0/s1. The van der Waals surface area contributed by atoms with Crippen LogP contribution in [0.3, 0.4) is 0 Å². The summed E-state index contributed by atoms with van der Waals surface area (Å²) in [5, 5.41) is 17.3. The van der Waals surface area contributed by atoms with Crippen LogP contribution in [0.25, 0.3) is 11.3 Å². The van der Waals surface area contributed by atoms with Gasteiger partial charge in [-0.05, 0) is 30.7 Å². The number of Topliss-reactive ketones (excluding diaryl/α,β-unsaturated/α-hetero) is 1. The largest absolute Gasteiger partial charge is 0.298 e.